The lowest BCUT2D eigenvalue weighted by molar-refractivity contribution is -0.394. The van der Waals surface area contributed by atoms with E-state index in [0.717, 1.165) is 6.07 Å². The molecule has 0 bridgehead atoms. The fourth-order valence-electron chi connectivity index (χ4n) is 1.93. The highest BCUT2D eigenvalue weighted by Crippen LogP contribution is 2.36. The molecule has 1 aromatic carbocycles. The lowest BCUT2D eigenvalue weighted by Crippen LogP contribution is -2.14. The molecular weight excluding hydrogens is 272 g/mol. The minimum absolute atomic E-state index is 0.212. The number of nitrogens with zero attached hydrogens (tertiary/aromatic N) is 2. The lowest BCUT2D eigenvalue weighted by atomic mass is 9.84. The molecule has 0 atom stereocenters. The summed E-state index contributed by atoms with van der Waals surface area (Å²) in [6, 6.07) is 2.61. The van der Waals surface area contributed by atoms with Crippen molar-refractivity contribution >= 4 is 17.5 Å². The average Bonchev–Trinajstić information content (AvgIpc) is 2.33. The van der Waals surface area contributed by atoms with Crippen molar-refractivity contribution < 1.29 is 9.85 Å². The number of hydrogen-bond acceptors (Lipinski definition) is 4. The predicted octanol–water partition coefficient (Wildman–Crippen LogP) is 4.47. The van der Waals surface area contributed by atoms with Gasteiger partial charge in [0.15, 0.2) is 0 Å². The maximum atomic E-state index is 11.2. The summed E-state index contributed by atoms with van der Waals surface area (Å²) in [5, 5.41) is 22.3. The Labute approximate surface area is 123 Å². The third-order valence-electron chi connectivity index (χ3n) is 3.01. The summed E-state index contributed by atoms with van der Waals surface area (Å²) in [5.41, 5.74) is -0.0500. The molecule has 1 aromatic rings. The van der Waals surface area contributed by atoms with Crippen LogP contribution in [-0.2, 0) is 5.41 Å². The Morgan fingerprint density at radius 1 is 1.05 bits per heavy atom. The Morgan fingerprint density at radius 3 is 1.95 bits per heavy atom. The highest BCUT2D eigenvalue weighted by molar-refractivity contribution is 5.67. The molecule has 0 spiro atoms. The SMILES string of the molecule is CC(C)C=Cc1cc(C(C)(C)C)c([N+](=O)[O-])cc1[N+](=O)[O-]. The van der Waals surface area contributed by atoms with Crippen LogP contribution < -0.4 is 0 Å². The standard InChI is InChI=1S/C15H20N2O4/c1-10(2)6-7-11-8-12(15(3,4)5)14(17(20)21)9-13(11)16(18)19/h6-10H,1-5H3. The van der Waals surface area contributed by atoms with Gasteiger partial charge in [0.05, 0.1) is 21.5 Å². The zero-order valence-corrected chi connectivity index (χ0v) is 12.9. The Morgan fingerprint density at radius 2 is 1.57 bits per heavy atom. The molecule has 0 amide bonds. The predicted molar refractivity (Wildman–Crippen MR) is 82.3 cm³/mol. The number of nitro groups is 2. The van der Waals surface area contributed by atoms with Crippen LogP contribution in [0.15, 0.2) is 18.2 Å². The first-order valence-electron chi connectivity index (χ1n) is 6.69. The van der Waals surface area contributed by atoms with Crippen LogP contribution in [0.25, 0.3) is 6.08 Å². The smallest absolute Gasteiger partial charge is 0.258 e. The van der Waals surface area contributed by atoms with E-state index in [1.54, 1.807) is 12.1 Å². The zero-order valence-electron chi connectivity index (χ0n) is 12.9. The van der Waals surface area contributed by atoms with E-state index in [4.69, 9.17) is 0 Å². The van der Waals surface area contributed by atoms with Gasteiger partial charge in [-0.2, -0.15) is 0 Å². The molecule has 6 heteroatoms. The van der Waals surface area contributed by atoms with Crippen molar-refractivity contribution in [3.8, 4) is 0 Å². The van der Waals surface area contributed by atoms with Gasteiger partial charge in [-0.05, 0) is 17.4 Å². The molecule has 1 rings (SSSR count). The van der Waals surface area contributed by atoms with Crippen molar-refractivity contribution in [3.63, 3.8) is 0 Å². The van der Waals surface area contributed by atoms with Crippen molar-refractivity contribution in [1.82, 2.24) is 0 Å². The van der Waals surface area contributed by atoms with Crippen LogP contribution in [0.1, 0.15) is 45.7 Å². The van der Waals surface area contributed by atoms with Crippen molar-refractivity contribution in [3.05, 3.63) is 49.6 Å². The molecule has 6 nitrogen and oxygen atoms in total. The van der Waals surface area contributed by atoms with Gasteiger partial charge in [-0.3, -0.25) is 20.2 Å². The van der Waals surface area contributed by atoms with Crippen LogP contribution in [0.2, 0.25) is 0 Å². The van der Waals surface area contributed by atoms with Gasteiger partial charge < -0.3 is 0 Å². The van der Waals surface area contributed by atoms with E-state index >= 15 is 0 Å². The molecular formula is C15H20N2O4. The monoisotopic (exact) mass is 292 g/mol. The number of rotatable bonds is 4. The highest BCUT2D eigenvalue weighted by Gasteiger charge is 2.29. The molecule has 0 N–H and O–H groups in total. The summed E-state index contributed by atoms with van der Waals surface area (Å²) in [5.74, 6) is 0.234. The normalized spacial score (nSPS) is 12.1. The highest BCUT2D eigenvalue weighted by atomic mass is 16.6. The molecule has 0 saturated heterocycles. The average molecular weight is 292 g/mol. The van der Waals surface area contributed by atoms with E-state index in [9.17, 15) is 20.2 Å². The van der Waals surface area contributed by atoms with Crippen LogP contribution in [0.3, 0.4) is 0 Å². The lowest BCUT2D eigenvalue weighted by Gasteiger charge is -2.19. The molecule has 0 aliphatic rings. The second kappa shape index (κ2) is 6.03. The third kappa shape index (κ3) is 4.11. The molecule has 0 fully saturated rings. The summed E-state index contributed by atoms with van der Waals surface area (Å²) in [7, 11) is 0. The van der Waals surface area contributed by atoms with E-state index in [0.29, 0.717) is 11.1 Å². The van der Waals surface area contributed by atoms with E-state index in [1.807, 2.05) is 40.7 Å². The number of allylic oxidation sites excluding steroid dienone is 1. The minimum Gasteiger partial charge on any atom is -0.258 e. The summed E-state index contributed by atoms with van der Waals surface area (Å²) >= 11 is 0. The van der Waals surface area contributed by atoms with Gasteiger partial charge in [-0.1, -0.05) is 46.8 Å². The maximum Gasteiger partial charge on any atom is 0.283 e. The van der Waals surface area contributed by atoms with Crippen LogP contribution in [0, 0.1) is 26.1 Å². The molecule has 0 aromatic heterocycles. The first-order chi connectivity index (χ1) is 9.54. The van der Waals surface area contributed by atoms with Gasteiger partial charge in [0.2, 0.25) is 0 Å². The maximum absolute atomic E-state index is 11.2. The second-order valence-corrected chi connectivity index (χ2v) is 6.30. The molecule has 0 unspecified atom stereocenters. The first-order valence-corrected chi connectivity index (χ1v) is 6.69. The summed E-state index contributed by atoms with van der Waals surface area (Å²) in [6.45, 7) is 9.45. The number of hydrogen-bond donors (Lipinski definition) is 0. The van der Waals surface area contributed by atoms with Crippen LogP contribution in [0.5, 0.6) is 0 Å². The minimum atomic E-state index is -0.584. The van der Waals surface area contributed by atoms with Gasteiger partial charge in [-0.25, -0.2) is 0 Å². The van der Waals surface area contributed by atoms with E-state index in [-0.39, 0.29) is 17.3 Å². The van der Waals surface area contributed by atoms with Crippen molar-refractivity contribution in [1.29, 1.82) is 0 Å². The van der Waals surface area contributed by atoms with Crippen LogP contribution in [-0.4, -0.2) is 9.85 Å². The Hall–Kier alpha value is -2.24. The number of nitro benzene ring substituents is 2. The van der Waals surface area contributed by atoms with E-state index in [1.165, 1.54) is 0 Å². The van der Waals surface area contributed by atoms with Crippen molar-refractivity contribution in [2.75, 3.05) is 0 Å². The largest absolute Gasteiger partial charge is 0.283 e. The topological polar surface area (TPSA) is 86.3 Å². The zero-order chi connectivity index (χ0) is 16.4. The van der Waals surface area contributed by atoms with Crippen molar-refractivity contribution in [2.45, 2.75) is 40.0 Å². The van der Waals surface area contributed by atoms with Gasteiger partial charge >= 0.3 is 0 Å². The Bertz CT molecular complexity index is 598. The molecule has 21 heavy (non-hydrogen) atoms. The molecule has 114 valence electrons. The molecule has 0 heterocycles. The van der Waals surface area contributed by atoms with E-state index in [2.05, 4.69) is 0 Å². The summed E-state index contributed by atoms with van der Waals surface area (Å²) < 4.78 is 0. The second-order valence-electron chi connectivity index (χ2n) is 6.30. The molecule has 0 radical (unpaired) electrons. The Kier molecular flexibility index (Phi) is 4.83. The van der Waals surface area contributed by atoms with Gasteiger partial charge in [0.25, 0.3) is 11.4 Å². The fourth-order valence-corrected chi connectivity index (χ4v) is 1.93. The van der Waals surface area contributed by atoms with Gasteiger partial charge in [-0.15, -0.1) is 0 Å². The van der Waals surface area contributed by atoms with Crippen molar-refractivity contribution in [2.24, 2.45) is 5.92 Å². The molecule has 0 saturated carbocycles. The number of benzene rings is 1. The quantitative estimate of drug-likeness (QED) is 0.605. The first kappa shape index (κ1) is 16.8. The third-order valence-corrected chi connectivity index (χ3v) is 3.01. The van der Waals surface area contributed by atoms with E-state index < -0.39 is 15.3 Å². The Balaban J connectivity index is 3.63. The summed E-state index contributed by atoms with van der Waals surface area (Å²) in [6.07, 6.45) is 3.49. The van der Waals surface area contributed by atoms with Gasteiger partial charge in [0.1, 0.15) is 0 Å². The molecule has 0 aliphatic heterocycles. The van der Waals surface area contributed by atoms with Crippen LogP contribution in [0.4, 0.5) is 11.4 Å². The molecule has 0 aliphatic carbocycles. The van der Waals surface area contributed by atoms with Gasteiger partial charge in [0, 0.05) is 5.56 Å². The van der Waals surface area contributed by atoms with Crippen LogP contribution >= 0.6 is 0 Å². The summed E-state index contributed by atoms with van der Waals surface area (Å²) in [4.78, 5) is 21.2. The fraction of sp³-hybridized carbons (Fsp3) is 0.467.